The summed E-state index contributed by atoms with van der Waals surface area (Å²) in [4.78, 5) is 28.1. The number of Topliss-reactive ketones (excluding diaryl/α,β-unsaturated/α-hetero) is 1. The Morgan fingerprint density at radius 2 is 1.86 bits per heavy atom. The van der Waals surface area contributed by atoms with Gasteiger partial charge in [-0.15, -0.1) is 0 Å². The van der Waals surface area contributed by atoms with E-state index in [9.17, 15) is 19.1 Å². The van der Waals surface area contributed by atoms with Crippen LogP contribution in [-0.4, -0.2) is 22.6 Å². The van der Waals surface area contributed by atoms with Gasteiger partial charge in [-0.05, 0) is 23.8 Å². The standard InChI is InChI=1S/C16H10FNO3/c17-10-6-7-12-11(8-10)15(19)13(16(20)21)14(18-12)9-4-2-1-3-5-9/h1-8,13H,(H,20,21). The van der Waals surface area contributed by atoms with E-state index in [0.29, 0.717) is 5.56 Å². The van der Waals surface area contributed by atoms with Crippen molar-refractivity contribution < 1.29 is 19.1 Å². The lowest BCUT2D eigenvalue weighted by Crippen LogP contribution is -2.34. The average Bonchev–Trinajstić information content (AvgIpc) is 2.48. The summed E-state index contributed by atoms with van der Waals surface area (Å²) in [5, 5.41) is 9.34. The summed E-state index contributed by atoms with van der Waals surface area (Å²) in [6.07, 6.45) is 0. The number of rotatable bonds is 2. The van der Waals surface area contributed by atoms with Gasteiger partial charge in [0, 0.05) is 5.56 Å². The maximum Gasteiger partial charge on any atom is 0.320 e. The number of aliphatic carboxylic acids is 1. The average molecular weight is 283 g/mol. The van der Waals surface area contributed by atoms with Gasteiger partial charge in [-0.3, -0.25) is 14.6 Å². The van der Waals surface area contributed by atoms with Crippen molar-refractivity contribution in [2.75, 3.05) is 0 Å². The third-order valence-corrected chi connectivity index (χ3v) is 3.32. The van der Waals surface area contributed by atoms with Crippen LogP contribution in [0.5, 0.6) is 0 Å². The molecule has 1 unspecified atom stereocenters. The third kappa shape index (κ3) is 2.23. The maximum absolute atomic E-state index is 13.3. The molecule has 1 aliphatic heterocycles. The van der Waals surface area contributed by atoms with E-state index in [-0.39, 0.29) is 17.0 Å². The molecule has 3 rings (SSSR count). The van der Waals surface area contributed by atoms with E-state index in [0.717, 1.165) is 6.07 Å². The number of carbonyl (C=O) groups is 2. The Morgan fingerprint density at radius 1 is 1.14 bits per heavy atom. The van der Waals surface area contributed by atoms with Crippen molar-refractivity contribution in [1.29, 1.82) is 0 Å². The molecule has 0 aliphatic carbocycles. The molecule has 1 aliphatic rings. The molecule has 4 nitrogen and oxygen atoms in total. The topological polar surface area (TPSA) is 66.7 Å². The number of nitrogens with zero attached hydrogens (tertiary/aromatic N) is 1. The summed E-state index contributed by atoms with van der Waals surface area (Å²) in [5.41, 5.74) is 1.03. The molecule has 0 saturated heterocycles. The number of hydrogen-bond donors (Lipinski definition) is 1. The molecule has 5 heteroatoms. The van der Waals surface area contributed by atoms with E-state index in [1.54, 1.807) is 30.3 Å². The molecule has 0 amide bonds. The minimum absolute atomic E-state index is 0.00193. The van der Waals surface area contributed by atoms with Gasteiger partial charge in [0.25, 0.3) is 0 Å². The van der Waals surface area contributed by atoms with Crippen LogP contribution in [-0.2, 0) is 4.79 Å². The van der Waals surface area contributed by atoms with Crippen molar-refractivity contribution in [3.05, 3.63) is 65.5 Å². The molecule has 2 aromatic carbocycles. The van der Waals surface area contributed by atoms with Gasteiger partial charge in [0.05, 0.1) is 11.4 Å². The number of fused-ring (bicyclic) bond motifs is 1. The first-order valence-corrected chi connectivity index (χ1v) is 6.28. The van der Waals surface area contributed by atoms with Crippen LogP contribution < -0.4 is 0 Å². The predicted molar refractivity (Wildman–Crippen MR) is 74.5 cm³/mol. The third-order valence-electron chi connectivity index (χ3n) is 3.32. The Kier molecular flexibility index (Phi) is 3.10. The summed E-state index contributed by atoms with van der Waals surface area (Å²) in [5.74, 6) is -3.95. The fraction of sp³-hybridized carbons (Fsp3) is 0.0625. The van der Waals surface area contributed by atoms with Crippen LogP contribution in [0.25, 0.3) is 0 Å². The van der Waals surface area contributed by atoms with Gasteiger partial charge >= 0.3 is 5.97 Å². The monoisotopic (exact) mass is 283 g/mol. The highest BCUT2D eigenvalue weighted by atomic mass is 19.1. The second kappa shape index (κ2) is 4.94. The zero-order chi connectivity index (χ0) is 15.0. The Balaban J connectivity index is 2.23. The molecule has 2 aromatic rings. The lowest BCUT2D eigenvalue weighted by atomic mass is 9.86. The molecule has 1 atom stereocenters. The summed E-state index contributed by atoms with van der Waals surface area (Å²) >= 11 is 0. The summed E-state index contributed by atoms with van der Waals surface area (Å²) in [7, 11) is 0. The minimum Gasteiger partial charge on any atom is -0.480 e. The fourth-order valence-corrected chi connectivity index (χ4v) is 2.35. The highest BCUT2D eigenvalue weighted by Crippen LogP contribution is 2.31. The van der Waals surface area contributed by atoms with E-state index < -0.39 is 23.5 Å². The molecular formula is C16H10FNO3. The van der Waals surface area contributed by atoms with Crippen LogP contribution in [0.1, 0.15) is 15.9 Å². The van der Waals surface area contributed by atoms with Gasteiger partial charge in [-0.2, -0.15) is 0 Å². The number of hydrogen-bond acceptors (Lipinski definition) is 3. The maximum atomic E-state index is 13.3. The van der Waals surface area contributed by atoms with Gasteiger partial charge in [0.2, 0.25) is 0 Å². The molecule has 0 spiro atoms. The van der Waals surface area contributed by atoms with Crippen LogP contribution in [0.15, 0.2) is 53.5 Å². The van der Waals surface area contributed by atoms with Crippen molar-refractivity contribution in [3.63, 3.8) is 0 Å². The van der Waals surface area contributed by atoms with Gasteiger partial charge in [0.15, 0.2) is 11.7 Å². The first kappa shape index (κ1) is 13.2. The van der Waals surface area contributed by atoms with Crippen LogP contribution in [0.4, 0.5) is 10.1 Å². The Labute approximate surface area is 119 Å². The second-order valence-corrected chi connectivity index (χ2v) is 4.66. The molecule has 21 heavy (non-hydrogen) atoms. The van der Waals surface area contributed by atoms with Crippen molar-refractivity contribution in [2.45, 2.75) is 0 Å². The number of aliphatic imine (C=N–C) groups is 1. The van der Waals surface area contributed by atoms with E-state index in [1.165, 1.54) is 12.1 Å². The van der Waals surface area contributed by atoms with Crippen molar-refractivity contribution in [2.24, 2.45) is 10.9 Å². The SMILES string of the molecule is O=C(O)C1C(=O)c2cc(F)ccc2N=C1c1ccccc1. The summed E-state index contributed by atoms with van der Waals surface area (Å²) < 4.78 is 13.3. The van der Waals surface area contributed by atoms with E-state index in [2.05, 4.69) is 4.99 Å². The number of halogens is 1. The zero-order valence-corrected chi connectivity index (χ0v) is 10.8. The predicted octanol–water partition coefficient (Wildman–Crippen LogP) is 2.84. The molecule has 0 fully saturated rings. The minimum atomic E-state index is -1.42. The normalized spacial score (nSPS) is 17.1. The summed E-state index contributed by atoms with van der Waals surface area (Å²) in [6.45, 7) is 0. The van der Waals surface area contributed by atoms with Gasteiger partial charge < -0.3 is 5.11 Å². The van der Waals surface area contributed by atoms with Crippen LogP contribution >= 0.6 is 0 Å². The van der Waals surface area contributed by atoms with E-state index >= 15 is 0 Å². The molecular weight excluding hydrogens is 273 g/mol. The van der Waals surface area contributed by atoms with E-state index in [4.69, 9.17) is 0 Å². The quantitative estimate of drug-likeness (QED) is 0.862. The molecule has 0 saturated carbocycles. The largest absolute Gasteiger partial charge is 0.480 e. The second-order valence-electron chi connectivity index (χ2n) is 4.66. The first-order valence-electron chi connectivity index (χ1n) is 6.28. The molecule has 0 bridgehead atoms. The van der Waals surface area contributed by atoms with Crippen LogP contribution in [0, 0.1) is 11.7 Å². The fourth-order valence-electron chi connectivity index (χ4n) is 2.35. The molecule has 104 valence electrons. The Morgan fingerprint density at radius 3 is 2.52 bits per heavy atom. The number of benzene rings is 2. The lowest BCUT2D eigenvalue weighted by molar-refractivity contribution is -0.137. The Hall–Kier alpha value is -2.82. The number of carboxylic acid groups (broad SMARTS) is 1. The van der Waals surface area contributed by atoms with E-state index in [1.807, 2.05) is 0 Å². The van der Waals surface area contributed by atoms with Gasteiger partial charge in [-0.25, -0.2) is 4.39 Å². The Bertz CT molecular complexity index is 768. The zero-order valence-electron chi connectivity index (χ0n) is 10.8. The van der Waals surface area contributed by atoms with Gasteiger partial charge in [-0.1, -0.05) is 30.3 Å². The van der Waals surface area contributed by atoms with Crippen molar-refractivity contribution >= 4 is 23.2 Å². The molecule has 1 N–H and O–H groups in total. The number of carboxylic acids is 1. The van der Waals surface area contributed by atoms with Crippen molar-refractivity contribution in [1.82, 2.24) is 0 Å². The molecule has 0 aromatic heterocycles. The lowest BCUT2D eigenvalue weighted by Gasteiger charge is -2.21. The van der Waals surface area contributed by atoms with Crippen LogP contribution in [0.3, 0.4) is 0 Å². The number of ketones is 1. The highest BCUT2D eigenvalue weighted by Gasteiger charge is 2.37. The van der Waals surface area contributed by atoms with Crippen molar-refractivity contribution in [3.8, 4) is 0 Å². The molecule has 1 heterocycles. The summed E-state index contributed by atoms with van der Waals surface area (Å²) in [6, 6.07) is 12.2. The smallest absolute Gasteiger partial charge is 0.320 e. The first-order chi connectivity index (χ1) is 10.1. The van der Waals surface area contributed by atoms with Crippen LogP contribution in [0.2, 0.25) is 0 Å². The highest BCUT2D eigenvalue weighted by molar-refractivity contribution is 6.31. The number of carbonyl (C=O) groups excluding carboxylic acids is 1. The molecule has 0 radical (unpaired) electrons. The van der Waals surface area contributed by atoms with Gasteiger partial charge in [0.1, 0.15) is 5.82 Å².